The molecule has 0 aromatic heterocycles. The second-order valence-corrected chi connectivity index (χ2v) is 3.02. The quantitative estimate of drug-likeness (QED) is 0.387. The zero-order valence-corrected chi connectivity index (χ0v) is 8.07. The number of hydrogen-bond donors (Lipinski definition) is 2. The summed E-state index contributed by atoms with van der Waals surface area (Å²) in [5, 5.41) is 4.45. The lowest BCUT2D eigenvalue weighted by molar-refractivity contribution is -0.136. The maximum atomic E-state index is 11.0. The molecule has 0 aromatic carbocycles. The fourth-order valence-electron chi connectivity index (χ4n) is 0.765. The molecule has 5 nitrogen and oxygen atoms in total. The molecule has 0 aromatic rings. The molecule has 7 heteroatoms. The van der Waals surface area contributed by atoms with Gasteiger partial charge in [0.2, 0.25) is 0 Å². The molecule has 0 aliphatic carbocycles. The highest BCUT2D eigenvalue weighted by Crippen LogP contribution is 2.19. The summed E-state index contributed by atoms with van der Waals surface area (Å²) in [6, 6.07) is -0.593. The van der Waals surface area contributed by atoms with Gasteiger partial charge in [-0.05, 0) is 0 Å². The highest BCUT2D eigenvalue weighted by atomic mass is 35.5. The summed E-state index contributed by atoms with van der Waals surface area (Å²) < 4.78 is 4.37. The van der Waals surface area contributed by atoms with Crippen LogP contribution in [0.25, 0.3) is 0 Å². The summed E-state index contributed by atoms with van der Waals surface area (Å²) in [4.78, 5) is 21.8. The molecule has 0 saturated carbocycles. The molecule has 0 saturated heterocycles. The SMILES string of the molecule is COC(=O)C1=C(Cl)C(Cl)NC(=O)N1. The van der Waals surface area contributed by atoms with Crippen molar-refractivity contribution in [3.05, 3.63) is 10.7 Å². The van der Waals surface area contributed by atoms with Crippen molar-refractivity contribution in [2.45, 2.75) is 5.50 Å². The Balaban J connectivity index is 2.97. The number of halogens is 2. The number of nitrogens with one attached hydrogen (secondary N) is 2. The summed E-state index contributed by atoms with van der Waals surface area (Å²) >= 11 is 11.2. The number of alkyl halides is 1. The van der Waals surface area contributed by atoms with Crippen molar-refractivity contribution in [2.24, 2.45) is 0 Å². The number of esters is 1. The van der Waals surface area contributed by atoms with Crippen molar-refractivity contribution in [1.29, 1.82) is 0 Å². The van der Waals surface area contributed by atoms with E-state index in [1.165, 1.54) is 7.11 Å². The monoisotopic (exact) mass is 224 g/mol. The molecular weight excluding hydrogens is 219 g/mol. The molecule has 2 amide bonds. The molecule has 1 atom stereocenters. The third-order valence-corrected chi connectivity index (χ3v) is 2.19. The summed E-state index contributed by atoms with van der Waals surface area (Å²) in [7, 11) is 1.18. The third-order valence-electron chi connectivity index (χ3n) is 1.35. The molecule has 0 spiro atoms. The zero-order chi connectivity index (χ0) is 10.0. The average molecular weight is 225 g/mol. The van der Waals surface area contributed by atoms with E-state index in [0.717, 1.165) is 0 Å². The Morgan fingerprint density at radius 1 is 1.62 bits per heavy atom. The standard InChI is InChI=1S/C6H6Cl2N2O3/c1-13-5(11)3-2(7)4(8)10-6(12)9-3/h4H,1H3,(H2,9,10,12). The Morgan fingerprint density at radius 2 is 2.23 bits per heavy atom. The van der Waals surface area contributed by atoms with Crippen LogP contribution < -0.4 is 10.6 Å². The van der Waals surface area contributed by atoms with Gasteiger partial charge in [0.25, 0.3) is 0 Å². The highest BCUT2D eigenvalue weighted by molar-refractivity contribution is 6.39. The minimum Gasteiger partial charge on any atom is -0.464 e. The molecule has 1 aliphatic rings. The van der Waals surface area contributed by atoms with Crippen LogP contribution in [0, 0.1) is 0 Å². The Labute approximate surface area is 84.0 Å². The van der Waals surface area contributed by atoms with Crippen molar-refractivity contribution in [1.82, 2.24) is 10.6 Å². The van der Waals surface area contributed by atoms with Gasteiger partial charge in [0.15, 0.2) is 0 Å². The lowest BCUT2D eigenvalue weighted by Gasteiger charge is -2.20. The molecule has 0 fully saturated rings. The van der Waals surface area contributed by atoms with Crippen molar-refractivity contribution >= 4 is 35.2 Å². The predicted molar refractivity (Wildman–Crippen MR) is 46.2 cm³/mol. The van der Waals surface area contributed by atoms with Gasteiger partial charge in [-0.2, -0.15) is 0 Å². The first kappa shape index (κ1) is 10.1. The smallest absolute Gasteiger partial charge is 0.355 e. The van der Waals surface area contributed by atoms with E-state index in [1.54, 1.807) is 0 Å². The summed E-state index contributed by atoms with van der Waals surface area (Å²) in [6.45, 7) is 0. The lowest BCUT2D eigenvalue weighted by atomic mass is 10.3. The number of rotatable bonds is 1. The number of ether oxygens (including phenoxy) is 1. The highest BCUT2D eigenvalue weighted by Gasteiger charge is 2.28. The van der Waals surface area contributed by atoms with E-state index >= 15 is 0 Å². The van der Waals surface area contributed by atoms with E-state index in [1.807, 2.05) is 0 Å². The molecule has 0 radical (unpaired) electrons. The Bertz CT molecular complexity index is 290. The molecule has 13 heavy (non-hydrogen) atoms. The molecule has 2 N–H and O–H groups in total. The van der Waals surface area contributed by atoms with E-state index in [4.69, 9.17) is 23.2 Å². The molecule has 1 unspecified atom stereocenters. The molecule has 1 heterocycles. The first-order valence-electron chi connectivity index (χ1n) is 3.26. The van der Waals surface area contributed by atoms with E-state index in [-0.39, 0.29) is 10.7 Å². The van der Waals surface area contributed by atoms with E-state index in [9.17, 15) is 9.59 Å². The number of urea groups is 1. The van der Waals surface area contributed by atoms with Crippen molar-refractivity contribution in [3.63, 3.8) is 0 Å². The minimum atomic E-state index is -0.899. The zero-order valence-electron chi connectivity index (χ0n) is 6.56. The number of hydrogen-bond acceptors (Lipinski definition) is 3. The molecule has 1 aliphatic heterocycles. The van der Waals surface area contributed by atoms with Gasteiger partial charge in [-0.1, -0.05) is 23.2 Å². The third kappa shape index (κ3) is 2.05. The largest absolute Gasteiger partial charge is 0.464 e. The topological polar surface area (TPSA) is 67.4 Å². The molecule has 0 bridgehead atoms. The van der Waals surface area contributed by atoms with Crippen LogP contribution in [0.1, 0.15) is 0 Å². The molecular formula is C6H6Cl2N2O3. The van der Waals surface area contributed by atoms with Crippen LogP contribution in [-0.4, -0.2) is 24.6 Å². The Kier molecular flexibility index (Phi) is 3.00. The lowest BCUT2D eigenvalue weighted by Crippen LogP contribution is -2.47. The number of carbonyl (C=O) groups excluding carboxylic acids is 2. The van der Waals surface area contributed by atoms with Crippen LogP contribution in [0.2, 0.25) is 0 Å². The van der Waals surface area contributed by atoms with Gasteiger partial charge in [0.1, 0.15) is 11.2 Å². The summed E-state index contributed by atoms with van der Waals surface area (Å²) in [5.74, 6) is -0.731. The summed E-state index contributed by atoms with van der Waals surface area (Å²) in [6.07, 6.45) is 0. The van der Waals surface area contributed by atoms with Crippen LogP contribution in [-0.2, 0) is 9.53 Å². The van der Waals surface area contributed by atoms with Crippen molar-refractivity contribution < 1.29 is 14.3 Å². The maximum Gasteiger partial charge on any atom is 0.355 e. The first-order chi connectivity index (χ1) is 6.06. The van der Waals surface area contributed by atoms with Crippen LogP contribution in [0.5, 0.6) is 0 Å². The van der Waals surface area contributed by atoms with Crippen LogP contribution in [0.4, 0.5) is 4.79 Å². The number of methoxy groups -OCH3 is 1. The maximum absolute atomic E-state index is 11.0. The van der Waals surface area contributed by atoms with Crippen LogP contribution in [0.3, 0.4) is 0 Å². The van der Waals surface area contributed by atoms with E-state index in [2.05, 4.69) is 15.4 Å². The van der Waals surface area contributed by atoms with Gasteiger partial charge in [-0.3, -0.25) is 0 Å². The van der Waals surface area contributed by atoms with Gasteiger partial charge in [0.05, 0.1) is 12.1 Å². The number of amides is 2. The predicted octanol–water partition coefficient (Wildman–Crippen LogP) is 0.487. The summed E-state index contributed by atoms with van der Waals surface area (Å²) in [5.41, 5.74) is -1.03. The minimum absolute atomic E-state index is 0.00752. The van der Waals surface area contributed by atoms with E-state index in [0.29, 0.717) is 0 Å². The normalized spacial score (nSPS) is 22.1. The second kappa shape index (κ2) is 3.85. The first-order valence-corrected chi connectivity index (χ1v) is 4.07. The van der Waals surface area contributed by atoms with Gasteiger partial charge < -0.3 is 15.4 Å². The van der Waals surface area contributed by atoms with Gasteiger partial charge >= 0.3 is 12.0 Å². The Morgan fingerprint density at radius 3 is 2.77 bits per heavy atom. The van der Waals surface area contributed by atoms with Crippen LogP contribution >= 0.6 is 23.2 Å². The van der Waals surface area contributed by atoms with E-state index < -0.39 is 17.5 Å². The van der Waals surface area contributed by atoms with Crippen LogP contribution in [0.15, 0.2) is 10.7 Å². The Hall–Kier alpha value is -0.940. The number of carbonyl (C=O) groups is 2. The average Bonchev–Trinajstić information content (AvgIpc) is 2.10. The van der Waals surface area contributed by atoms with Gasteiger partial charge in [0, 0.05) is 0 Å². The fourth-order valence-corrected chi connectivity index (χ4v) is 1.15. The molecule has 72 valence electrons. The van der Waals surface area contributed by atoms with Gasteiger partial charge in [-0.15, -0.1) is 0 Å². The molecule has 1 rings (SSSR count). The fraction of sp³-hybridized carbons (Fsp3) is 0.333. The van der Waals surface area contributed by atoms with Gasteiger partial charge in [-0.25, -0.2) is 9.59 Å². The van der Waals surface area contributed by atoms with Crippen molar-refractivity contribution in [3.8, 4) is 0 Å². The van der Waals surface area contributed by atoms with Crippen molar-refractivity contribution in [2.75, 3.05) is 7.11 Å². The second-order valence-electron chi connectivity index (χ2n) is 2.18.